The Morgan fingerprint density at radius 1 is 1.18 bits per heavy atom. The molecule has 2 N–H and O–H groups in total. The zero-order valence-electron chi connectivity index (χ0n) is 12.2. The topological polar surface area (TPSA) is 67.4 Å². The summed E-state index contributed by atoms with van der Waals surface area (Å²) in [7, 11) is 0. The SMILES string of the molecule is CCCC(=O)Nc1ccc2c(c1)C(=O)Nc1ccccc1O2. The van der Waals surface area contributed by atoms with Crippen LogP contribution in [0, 0.1) is 0 Å². The summed E-state index contributed by atoms with van der Waals surface area (Å²) in [5, 5.41) is 5.59. The van der Waals surface area contributed by atoms with Crippen molar-refractivity contribution >= 4 is 23.2 Å². The van der Waals surface area contributed by atoms with Crippen LogP contribution in [-0.4, -0.2) is 11.8 Å². The fourth-order valence-electron chi connectivity index (χ4n) is 2.29. The summed E-state index contributed by atoms with van der Waals surface area (Å²) in [5.41, 5.74) is 1.60. The van der Waals surface area contributed by atoms with E-state index in [9.17, 15) is 9.59 Å². The van der Waals surface area contributed by atoms with Gasteiger partial charge in [-0.3, -0.25) is 9.59 Å². The molecular weight excluding hydrogens is 280 g/mol. The van der Waals surface area contributed by atoms with E-state index in [1.165, 1.54) is 0 Å². The lowest BCUT2D eigenvalue weighted by Crippen LogP contribution is -2.13. The van der Waals surface area contributed by atoms with E-state index in [4.69, 9.17) is 4.74 Å². The van der Waals surface area contributed by atoms with Crippen LogP contribution in [0.25, 0.3) is 0 Å². The Hall–Kier alpha value is -2.82. The second-order valence-corrected chi connectivity index (χ2v) is 5.06. The fraction of sp³-hybridized carbons (Fsp3) is 0.176. The van der Waals surface area contributed by atoms with Crippen molar-refractivity contribution in [3.05, 3.63) is 48.0 Å². The summed E-state index contributed by atoms with van der Waals surface area (Å²) in [6.07, 6.45) is 1.22. The first kappa shape index (κ1) is 14.1. The quantitative estimate of drug-likeness (QED) is 0.905. The number of nitrogens with one attached hydrogen (secondary N) is 2. The predicted octanol–water partition coefficient (Wildman–Crippen LogP) is 3.78. The van der Waals surface area contributed by atoms with Gasteiger partial charge in [-0.2, -0.15) is 0 Å². The molecule has 0 unspecified atom stereocenters. The van der Waals surface area contributed by atoms with Crippen molar-refractivity contribution in [2.45, 2.75) is 19.8 Å². The van der Waals surface area contributed by atoms with Gasteiger partial charge in [-0.25, -0.2) is 0 Å². The molecule has 22 heavy (non-hydrogen) atoms. The Balaban J connectivity index is 1.92. The second-order valence-electron chi connectivity index (χ2n) is 5.06. The molecule has 112 valence electrons. The van der Waals surface area contributed by atoms with Gasteiger partial charge in [0.15, 0.2) is 5.75 Å². The standard InChI is InChI=1S/C17H16N2O3/c1-2-5-16(20)18-11-8-9-14-12(10-11)17(21)19-13-6-3-4-7-15(13)22-14/h3-4,6-10H,2,5H2,1H3,(H,18,20)(H,19,21). The highest BCUT2D eigenvalue weighted by molar-refractivity contribution is 6.09. The first-order valence-electron chi connectivity index (χ1n) is 7.19. The van der Waals surface area contributed by atoms with Gasteiger partial charge in [0, 0.05) is 12.1 Å². The predicted molar refractivity (Wildman–Crippen MR) is 84.4 cm³/mol. The van der Waals surface area contributed by atoms with Gasteiger partial charge in [-0.1, -0.05) is 19.1 Å². The third kappa shape index (κ3) is 2.79. The minimum atomic E-state index is -0.258. The molecule has 0 aliphatic carbocycles. The maximum Gasteiger partial charge on any atom is 0.259 e. The van der Waals surface area contributed by atoms with E-state index in [1.807, 2.05) is 19.1 Å². The lowest BCUT2D eigenvalue weighted by atomic mass is 10.1. The van der Waals surface area contributed by atoms with Crippen molar-refractivity contribution in [1.82, 2.24) is 0 Å². The minimum Gasteiger partial charge on any atom is -0.454 e. The van der Waals surface area contributed by atoms with E-state index < -0.39 is 0 Å². The Labute approximate surface area is 128 Å². The number of hydrogen-bond donors (Lipinski definition) is 2. The van der Waals surface area contributed by atoms with Crippen LogP contribution in [-0.2, 0) is 4.79 Å². The summed E-state index contributed by atoms with van der Waals surface area (Å²) in [4.78, 5) is 24.0. The molecule has 2 amide bonds. The van der Waals surface area contributed by atoms with Gasteiger partial charge in [0.2, 0.25) is 5.91 Å². The Morgan fingerprint density at radius 2 is 2.00 bits per heavy atom. The molecule has 0 spiro atoms. The van der Waals surface area contributed by atoms with E-state index in [1.54, 1.807) is 30.3 Å². The summed E-state index contributed by atoms with van der Waals surface area (Å²) < 4.78 is 5.78. The first-order chi connectivity index (χ1) is 10.7. The van der Waals surface area contributed by atoms with Crippen LogP contribution in [0.4, 0.5) is 11.4 Å². The lowest BCUT2D eigenvalue weighted by molar-refractivity contribution is -0.116. The Morgan fingerprint density at radius 3 is 2.82 bits per heavy atom. The van der Waals surface area contributed by atoms with E-state index in [0.717, 1.165) is 6.42 Å². The molecule has 0 bridgehead atoms. The maximum atomic E-state index is 12.3. The summed E-state index contributed by atoms with van der Waals surface area (Å²) in [5.74, 6) is 0.737. The second kappa shape index (κ2) is 5.89. The molecule has 1 aliphatic heterocycles. The molecule has 1 heterocycles. The molecule has 5 nitrogen and oxygen atoms in total. The highest BCUT2D eigenvalue weighted by Gasteiger charge is 2.21. The van der Waals surface area contributed by atoms with Gasteiger partial charge in [0.25, 0.3) is 5.91 Å². The van der Waals surface area contributed by atoms with Crippen LogP contribution in [0.15, 0.2) is 42.5 Å². The number of hydrogen-bond acceptors (Lipinski definition) is 3. The van der Waals surface area contributed by atoms with Crippen LogP contribution in [0.1, 0.15) is 30.1 Å². The largest absolute Gasteiger partial charge is 0.454 e. The van der Waals surface area contributed by atoms with E-state index in [2.05, 4.69) is 10.6 Å². The van der Waals surface area contributed by atoms with Crippen molar-refractivity contribution in [3.63, 3.8) is 0 Å². The average molecular weight is 296 g/mol. The van der Waals surface area contributed by atoms with E-state index in [0.29, 0.717) is 34.9 Å². The summed E-state index contributed by atoms with van der Waals surface area (Å²) in [6.45, 7) is 1.94. The number of carbonyl (C=O) groups is 2. The van der Waals surface area contributed by atoms with E-state index in [-0.39, 0.29) is 11.8 Å². The Kier molecular flexibility index (Phi) is 3.78. The normalized spacial score (nSPS) is 12.3. The van der Waals surface area contributed by atoms with Gasteiger partial charge >= 0.3 is 0 Å². The maximum absolute atomic E-state index is 12.3. The molecule has 0 radical (unpaired) electrons. The Bertz CT molecular complexity index is 740. The van der Waals surface area contributed by atoms with Crippen molar-refractivity contribution in [2.24, 2.45) is 0 Å². The molecule has 0 saturated carbocycles. The number of carbonyl (C=O) groups excluding carboxylic acids is 2. The minimum absolute atomic E-state index is 0.0688. The van der Waals surface area contributed by atoms with E-state index >= 15 is 0 Å². The zero-order chi connectivity index (χ0) is 15.5. The van der Waals surface area contributed by atoms with Crippen LogP contribution in [0.3, 0.4) is 0 Å². The molecule has 3 rings (SSSR count). The molecule has 0 saturated heterocycles. The molecular formula is C17H16N2O3. The van der Waals surface area contributed by atoms with Gasteiger partial charge < -0.3 is 15.4 Å². The number of amides is 2. The third-order valence-electron chi connectivity index (χ3n) is 3.34. The van der Waals surface area contributed by atoms with Gasteiger partial charge in [-0.15, -0.1) is 0 Å². The van der Waals surface area contributed by atoms with Crippen LogP contribution >= 0.6 is 0 Å². The number of para-hydroxylation sites is 2. The van der Waals surface area contributed by atoms with Crippen LogP contribution in [0.2, 0.25) is 0 Å². The van der Waals surface area contributed by atoms with Crippen molar-refractivity contribution in [3.8, 4) is 11.5 Å². The third-order valence-corrected chi connectivity index (χ3v) is 3.34. The molecule has 2 aromatic rings. The van der Waals surface area contributed by atoms with Crippen LogP contribution in [0.5, 0.6) is 11.5 Å². The zero-order valence-corrected chi connectivity index (χ0v) is 12.2. The summed E-state index contributed by atoms with van der Waals surface area (Å²) >= 11 is 0. The molecule has 0 aromatic heterocycles. The molecule has 0 atom stereocenters. The number of rotatable bonds is 3. The number of ether oxygens (including phenoxy) is 1. The number of benzene rings is 2. The molecule has 5 heteroatoms. The molecule has 2 aromatic carbocycles. The molecule has 0 fully saturated rings. The van der Waals surface area contributed by atoms with Gasteiger partial charge in [0.05, 0.1) is 11.3 Å². The lowest BCUT2D eigenvalue weighted by Gasteiger charge is -2.09. The fourth-order valence-corrected chi connectivity index (χ4v) is 2.29. The summed E-state index contributed by atoms with van der Waals surface area (Å²) in [6, 6.07) is 12.3. The average Bonchev–Trinajstić information content (AvgIpc) is 2.64. The molecule has 1 aliphatic rings. The first-order valence-corrected chi connectivity index (χ1v) is 7.19. The van der Waals surface area contributed by atoms with Crippen LogP contribution < -0.4 is 15.4 Å². The smallest absolute Gasteiger partial charge is 0.259 e. The van der Waals surface area contributed by atoms with Crippen molar-refractivity contribution < 1.29 is 14.3 Å². The van der Waals surface area contributed by atoms with Crippen molar-refractivity contribution in [1.29, 1.82) is 0 Å². The monoisotopic (exact) mass is 296 g/mol. The number of fused-ring (bicyclic) bond motifs is 2. The van der Waals surface area contributed by atoms with Gasteiger partial charge in [0.1, 0.15) is 5.75 Å². The van der Waals surface area contributed by atoms with Crippen molar-refractivity contribution in [2.75, 3.05) is 10.6 Å². The van der Waals surface area contributed by atoms with Gasteiger partial charge in [-0.05, 0) is 36.8 Å². The highest BCUT2D eigenvalue weighted by Crippen LogP contribution is 2.36. The highest BCUT2D eigenvalue weighted by atomic mass is 16.5. The number of anilines is 2.